The lowest BCUT2D eigenvalue weighted by Crippen LogP contribution is -2.14. The van der Waals surface area contributed by atoms with Crippen molar-refractivity contribution >= 4 is 6.29 Å². The lowest BCUT2D eigenvalue weighted by molar-refractivity contribution is -0.0179. The Hall–Kier alpha value is -1.55. The van der Waals surface area contributed by atoms with E-state index in [0.29, 0.717) is 90.6 Å². The quantitative estimate of drug-likeness (QED) is 0.173. The molecule has 1 aromatic carbocycles. The SMILES string of the molecule is CCCCCOCCOCCOCCOCCOCCOCCOc1ccc(C=O)cc1. The average Bonchev–Trinajstić information content (AvgIpc) is 2.82. The maximum atomic E-state index is 10.6. The van der Waals surface area contributed by atoms with Crippen LogP contribution in [0.15, 0.2) is 24.3 Å². The van der Waals surface area contributed by atoms with Crippen LogP contribution in [-0.4, -0.2) is 92.2 Å². The number of benzene rings is 1. The summed E-state index contributed by atoms with van der Waals surface area (Å²) in [7, 11) is 0. The van der Waals surface area contributed by atoms with Gasteiger partial charge in [-0.3, -0.25) is 4.79 Å². The van der Waals surface area contributed by atoms with Gasteiger partial charge in [0.1, 0.15) is 18.6 Å². The summed E-state index contributed by atoms with van der Waals surface area (Å²) in [4.78, 5) is 10.6. The molecule has 1 aromatic rings. The number of unbranched alkanes of at least 4 members (excludes halogenated alkanes) is 2. The molecule has 0 aliphatic carbocycles. The van der Waals surface area contributed by atoms with Crippen LogP contribution in [0.1, 0.15) is 36.5 Å². The van der Waals surface area contributed by atoms with E-state index in [0.717, 1.165) is 19.3 Å². The van der Waals surface area contributed by atoms with Gasteiger partial charge in [-0.15, -0.1) is 0 Å². The highest BCUT2D eigenvalue weighted by molar-refractivity contribution is 5.74. The molecule has 0 saturated carbocycles. The second kappa shape index (κ2) is 22.6. The number of hydrogen-bond acceptors (Lipinski definition) is 8. The Morgan fingerprint density at radius 2 is 0.969 bits per heavy atom. The highest BCUT2D eigenvalue weighted by Crippen LogP contribution is 2.10. The van der Waals surface area contributed by atoms with Crippen LogP contribution in [0.5, 0.6) is 5.75 Å². The minimum absolute atomic E-state index is 0.446. The first-order valence-corrected chi connectivity index (χ1v) is 11.5. The van der Waals surface area contributed by atoms with Gasteiger partial charge in [0, 0.05) is 12.2 Å². The van der Waals surface area contributed by atoms with E-state index in [2.05, 4.69) is 6.92 Å². The Kier molecular flexibility index (Phi) is 20.1. The van der Waals surface area contributed by atoms with E-state index < -0.39 is 0 Å². The summed E-state index contributed by atoms with van der Waals surface area (Å²) in [5.41, 5.74) is 0.627. The van der Waals surface area contributed by atoms with E-state index in [1.165, 1.54) is 12.8 Å². The molecule has 0 aliphatic rings. The molecular formula is C24H40O8. The van der Waals surface area contributed by atoms with Crippen molar-refractivity contribution in [2.75, 3.05) is 85.9 Å². The third kappa shape index (κ3) is 18.1. The highest BCUT2D eigenvalue weighted by atomic mass is 16.6. The Morgan fingerprint density at radius 3 is 1.38 bits per heavy atom. The van der Waals surface area contributed by atoms with Crippen molar-refractivity contribution in [1.82, 2.24) is 0 Å². The lowest BCUT2D eigenvalue weighted by atomic mass is 10.2. The van der Waals surface area contributed by atoms with Crippen LogP contribution in [-0.2, 0) is 28.4 Å². The number of carbonyl (C=O) groups is 1. The first kappa shape index (κ1) is 28.5. The number of hydrogen-bond donors (Lipinski definition) is 0. The van der Waals surface area contributed by atoms with Crippen LogP contribution in [0.3, 0.4) is 0 Å². The van der Waals surface area contributed by atoms with Crippen LogP contribution in [0, 0.1) is 0 Å². The molecule has 0 aliphatic heterocycles. The van der Waals surface area contributed by atoms with Gasteiger partial charge in [0.15, 0.2) is 0 Å². The number of ether oxygens (including phenoxy) is 7. The first-order chi connectivity index (χ1) is 15.9. The van der Waals surface area contributed by atoms with Gasteiger partial charge in [-0.2, -0.15) is 0 Å². The van der Waals surface area contributed by atoms with E-state index in [1.807, 2.05) is 0 Å². The fourth-order valence-corrected chi connectivity index (χ4v) is 2.52. The van der Waals surface area contributed by atoms with E-state index in [4.69, 9.17) is 33.2 Å². The van der Waals surface area contributed by atoms with Crippen LogP contribution < -0.4 is 4.74 Å². The number of carbonyl (C=O) groups excluding carboxylic acids is 1. The molecule has 0 fully saturated rings. The lowest BCUT2D eigenvalue weighted by Gasteiger charge is -2.09. The number of rotatable bonds is 24. The fraction of sp³-hybridized carbons (Fsp3) is 0.708. The Bertz CT molecular complexity index is 523. The molecule has 0 saturated heterocycles. The molecule has 8 heteroatoms. The van der Waals surface area contributed by atoms with Gasteiger partial charge in [-0.25, -0.2) is 0 Å². The van der Waals surface area contributed by atoms with Crippen molar-refractivity contribution in [3.05, 3.63) is 29.8 Å². The summed E-state index contributed by atoms with van der Waals surface area (Å²) in [6.45, 7) is 9.41. The molecule has 0 heterocycles. The van der Waals surface area contributed by atoms with Crippen molar-refractivity contribution in [3.63, 3.8) is 0 Å². The van der Waals surface area contributed by atoms with Gasteiger partial charge >= 0.3 is 0 Å². The van der Waals surface area contributed by atoms with Crippen molar-refractivity contribution < 1.29 is 38.0 Å². The molecule has 8 nitrogen and oxygen atoms in total. The molecule has 0 N–H and O–H groups in total. The first-order valence-electron chi connectivity index (χ1n) is 11.5. The van der Waals surface area contributed by atoms with E-state index in [9.17, 15) is 4.79 Å². The van der Waals surface area contributed by atoms with Gasteiger partial charge in [-0.05, 0) is 30.7 Å². The zero-order valence-electron chi connectivity index (χ0n) is 19.5. The predicted octanol–water partition coefficient (Wildman–Crippen LogP) is 3.17. The second-order valence-electron chi connectivity index (χ2n) is 6.92. The average molecular weight is 457 g/mol. The van der Waals surface area contributed by atoms with Crippen molar-refractivity contribution in [1.29, 1.82) is 0 Å². The monoisotopic (exact) mass is 456 g/mol. The molecule has 0 spiro atoms. The minimum Gasteiger partial charge on any atom is -0.491 e. The van der Waals surface area contributed by atoms with Crippen LogP contribution >= 0.6 is 0 Å². The molecule has 0 aromatic heterocycles. The maximum absolute atomic E-state index is 10.6. The van der Waals surface area contributed by atoms with E-state index in [1.54, 1.807) is 24.3 Å². The number of aldehydes is 1. The molecule has 0 amide bonds. The third-order valence-electron chi connectivity index (χ3n) is 4.26. The van der Waals surface area contributed by atoms with Crippen molar-refractivity contribution in [2.45, 2.75) is 26.2 Å². The van der Waals surface area contributed by atoms with Crippen molar-refractivity contribution in [2.24, 2.45) is 0 Å². The van der Waals surface area contributed by atoms with Crippen LogP contribution in [0.2, 0.25) is 0 Å². The zero-order valence-corrected chi connectivity index (χ0v) is 19.5. The summed E-state index contributed by atoms with van der Waals surface area (Å²) < 4.78 is 38.2. The Balaban J connectivity index is 1.70. The van der Waals surface area contributed by atoms with E-state index >= 15 is 0 Å². The summed E-state index contributed by atoms with van der Waals surface area (Å²) in [5, 5.41) is 0. The van der Waals surface area contributed by atoms with Gasteiger partial charge in [0.25, 0.3) is 0 Å². The fourth-order valence-electron chi connectivity index (χ4n) is 2.52. The molecule has 184 valence electrons. The Morgan fingerprint density at radius 1 is 0.562 bits per heavy atom. The molecular weight excluding hydrogens is 416 g/mol. The van der Waals surface area contributed by atoms with E-state index in [-0.39, 0.29) is 0 Å². The molecule has 0 atom stereocenters. The third-order valence-corrected chi connectivity index (χ3v) is 4.26. The molecule has 0 radical (unpaired) electrons. The topological polar surface area (TPSA) is 81.7 Å². The summed E-state index contributed by atoms with van der Waals surface area (Å²) in [6, 6.07) is 6.96. The van der Waals surface area contributed by atoms with Gasteiger partial charge < -0.3 is 33.2 Å². The second-order valence-corrected chi connectivity index (χ2v) is 6.92. The molecule has 0 bridgehead atoms. The van der Waals surface area contributed by atoms with Gasteiger partial charge in [-0.1, -0.05) is 19.8 Å². The molecule has 0 unspecified atom stereocenters. The summed E-state index contributed by atoms with van der Waals surface area (Å²) in [6.07, 6.45) is 4.35. The smallest absolute Gasteiger partial charge is 0.150 e. The normalized spacial score (nSPS) is 11.0. The van der Waals surface area contributed by atoms with Crippen LogP contribution in [0.25, 0.3) is 0 Å². The summed E-state index contributed by atoms with van der Waals surface area (Å²) >= 11 is 0. The maximum Gasteiger partial charge on any atom is 0.150 e. The molecule has 1 rings (SSSR count). The minimum atomic E-state index is 0.446. The Labute approximate surface area is 192 Å². The summed E-state index contributed by atoms with van der Waals surface area (Å²) in [5.74, 6) is 0.715. The largest absolute Gasteiger partial charge is 0.491 e. The zero-order chi connectivity index (χ0) is 23.0. The van der Waals surface area contributed by atoms with Crippen LogP contribution in [0.4, 0.5) is 0 Å². The predicted molar refractivity (Wildman–Crippen MR) is 122 cm³/mol. The molecule has 32 heavy (non-hydrogen) atoms. The van der Waals surface area contributed by atoms with Crippen molar-refractivity contribution in [3.8, 4) is 5.75 Å². The van der Waals surface area contributed by atoms with Gasteiger partial charge in [0.05, 0.1) is 72.7 Å². The standard InChI is InChI=1S/C24H40O8/c1-2-3-4-9-26-10-11-27-12-13-28-14-15-29-16-17-30-18-19-31-20-21-32-24-7-5-23(22-25)6-8-24/h5-8,22H,2-4,9-21H2,1H3. The van der Waals surface area contributed by atoms with Gasteiger partial charge in [0.2, 0.25) is 0 Å². The highest BCUT2D eigenvalue weighted by Gasteiger charge is 1.96.